The van der Waals surface area contributed by atoms with E-state index in [0.717, 1.165) is 18.7 Å². The second kappa shape index (κ2) is 5.10. The van der Waals surface area contributed by atoms with E-state index >= 15 is 0 Å². The lowest BCUT2D eigenvalue weighted by molar-refractivity contribution is 0.280. The molecule has 3 heteroatoms. The molecule has 1 aliphatic rings. The number of nitrogens with one attached hydrogen (secondary N) is 1. The number of aromatic amines is 1. The highest BCUT2D eigenvalue weighted by atomic mass is 15.2. The Morgan fingerprint density at radius 1 is 1.47 bits per heavy atom. The van der Waals surface area contributed by atoms with Crippen molar-refractivity contribution in [3.05, 3.63) is 42.6 Å². The second-order valence-corrected chi connectivity index (χ2v) is 5.40. The first kappa shape index (κ1) is 12.3. The van der Waals surface area contributed by atoms with Crippen molar-refractivity contribution in [2.24, 2.45) is 0 Å². The summed E-state index contributed by atoms with van der Waals surface area (Å²) >= 11 is 0. The monoisotopic (exact) mass is 255 g/mol. The number of aromatic nitrogens is 1. The van der Waals surface area contributed by atoms with Gasteiger partial charge in [0.05, 0.1) is 0 Å². The van der Waals surface area contributed by atoms with E-state index in [1.54, 1.807) is 0 Å². The molecule has 1 saturated heterocycles. The first-order valence-corrected chi connectivity index (χ1v) is 6.98. The maximum Gasteiger partial charge on any atom is 0.0458 e. The van der Waals surface area contributed by atoms with Crippen LogP contribution in [0.25, 0.3) is 10.9 Å². The van der Waals surface area contributed by atoms with Crippen molar-refractivity contribution in [2.75, 3.05) is 18.8 Å². The van der Waals surface area contributed by atoms with Crippen LogP contribution in [0.5, 0.6) is 0 Å². The standard InChI is InChI=1S/C16H21N3/c1-2-7-19-8-3-4-14(19)9-12-11-18-16-6-5-13(17)10-15(12)16/h2,5-6,10-11,14,18H,1,3-4,7-9,17H2. The predicted octanol–water partition coefficient (Wildman–Crippen LogP) is 2.94. The highest BCUT2D eigenvalue weighted by molar-refractivity contribution is 5.86. The van der Waals surface area contributed by atoms with Crippen LogP contribution in [0.1, 0.15) is 18.4 Å². The predicted molar refractivity (Wildman–Crippen MR) is 81.2 cm³/mol. The van der Waals surface area contributed by atoms with Gasteiger partial charge in [-0.25, -0.2) is 0 Å². The molecule has 0 bridgehead atoms. The Bertz CT molecular complexity index is 585. The Balaban J connectivity index is 1.84. The van der Waals surface area contributed by atoms with Gasteiger partial charge in [0.2, 0.25) is 0 Å². The number of H-pyrrole nitrogens is 1. The van der Waals surface area contributed by atoms with E-state index in [4.69, 9.17) is 5.73 Å². The van der Waals surface area contributed by atoms with E-state index in [-0.39, 0.29) is 0 Å². The molecule has 19 heavy (non-hydrogen) atoms. The number of likely N-dealkylation sites (tertiary alicyclic amines) is 1. The van der Waals surface area contributed by atoms with Gasteiger partial charge in [0, 0.05) is 35.4 Å². The number of hydrogen-bond donors (Lipinski definition) is 2. The SMILES string of the molecule is C=CCN1CCCC1Cc1c[nH]c2ccc(N)cc12. The fourth-order valence-electron chi connectivity index (χ4n) is 3.15. The molecular weight excluding hydrogens is 234 g/mol. The summed E-state index contributed by atoms with van der Waals surface area (Å²) in [7, 11) is 0. The summed E-state index contributed by atoms with van der Waals surface area (Å²) in [5.41, 5.74) is 9.29. The summed E-state index contributed by atoms with van der Waals surface area (Å²) in [5, 5.41) is 1.27. The number of anilines is 1. The van der Waals surface area contributed by atoms with Crippen LogP contribution < -0.4 is 5.73 Å². The molecule has 0 amide bonds. The number of nitrogens with zero attached hydrogens (tertiary/aromatic N) is 1. The van der Waals surface area contributed by atoms with Gasteiger partial charge in [-0.1, -0.05) is 6.08 Å². The van der Waals surface area contributed by atoms with Gasteiger partial charge < -0.3 is 10.7 Å². The van der Waals surface area contributed by atoms with Gasteiger partial charge in [0.1, 0.15) is 0 Å². The summed E-state index contributed by atoms with van der Waals surface area (Å²) in [5.74, 6) is 0. The zero-order valence-electron chi connectivity index (χ0n) is 11.2. The van der Waals surface area contributed by atoms with Gasteiger partial charge in [-0.3, -0.25) is 4.90 Å². The van der Waals surface area contributed by atoms with Crippen LogP contribution in [0.2, 0.25) is 0 Å². The van der Waals surface area contributed by atoms with E-state index in [1.807, 2.05) is 12.1 Å². The molecule has 3 rings (SSSR count). The minimum absolute atomic E-state index is 0.637. The number of rotatable bonds is 4. The van der Waals surface area contributed by atoms with Crippen LogP contribution in [0.4, 0.5) is 5.69 Å². The first-order chi connectivity index (χ1) is 9.28. The quantitative estimate of drug-likeness (QED) is 0.651. The van der Waals surface area contributed by atoms with Crippen molar-refractivity contribution < 1.29 is 0 Å². The third kappa shape index (κ3) is 2.38. The Hall–Kier alpha value is -1.74. The average Bonchev–Trinajstić information content (AvgIpc) is 2.99. The van der Waals surface area contributed by atoms with Crippen molar-refractivity contribution in [3.8, 4) is 0 Å². The summed E-state index contributed by atoms with van der Waals surface area (Å²) in [6, 6.07) is 6.72. The van der Waals surface area contributed by atoms with Gasteiger partial charge in [0.15, 0.2) is 0 Å². The van der Waals surface area contributed by atoms with E-state index in [0.29, 0.717) is 6.04 Å². The fourth-order valence-corrected chi connectivity index (χ4v) is 3.15. The molecule has 2 aromatic rings. The molecule has 1 atom stereocenters. The summed E-state index contributed by atoms with van der Waals surface area (Å²) in [4.78, 5) is 5.87. The zero-order chi connectivity index (χ0) is 13.2. The minimum atomic E-state index is 0.637. The maximum atomic E-state index is 5.90. The van der Waals surface area contributed by atoms with Gasteiger partial charge in [0.25, 0.3) is 0 Å². The molecule has 1 unspecified atom stereocenters. The highest BCUT2D eigenvalue weighted by Crippen LogP contribution is 2.26. The summed E-state index contributed by atoms with van der Waals surface area (Å²) in [6.07, 6.45) is 7.81. The topological polar surface area (TPSA) is 45.0 Å². The largest absolute Gasteiger partial charge is 0.399 e. The zero-order valence-corrected chi connectivity index (χ0v) is 11.2. The van der Waals surface area contributed by atoms with E-state index in [9.17, 15) is 0 Å². The molecule has 3 N–H and O–H groups in total. The summed E-state index contributed by atoms with van der Waals surface area (Å²) < 4.78 is 0. The van der Waals surface area contributed by atoms with E-state index in [1.165, 1.54) is 35.9 Å². The average molecular weight is 255 g/mol. The third-order valence-electron chi connectivity index (χ3n) is 4.11. The van der Waals surface area contributed by atoms with Gasteiger partial charge in [-0.2, -0.15) is 0 Å². The molecule has 1 aromatic carbocycles. The maximum absolute atomic E-state index is 5.90. The molecule has 0 aliphatic carbocycles. The number of nitrogens with two attached hydrogens (primary N) is 1. The second-order valence-electron chi connectivity index (χ2n) is 5.40. The van der Waals surface area contributed by atoms with Gasteiger partial charge in [-0.15, -0.1) is 6.58 Å². The number of nitrogen functional groups attached to an aromatic ring is 1. The van der Waals surface area contributed by atoms with Crippen LogP contribution in [0.3, 0.4) is 0 Å². The fraction of sp³-hybridized carbons (Fsp3) is 0.375. The normalized spacial score (nSPS) is 20.1. The van der Waals surface area contributed by atoms with E-state index < -0.39 is 0 Å². The molecule has 3 nitrogen and oxygen atoms in total. The van der Waals surface area contributed by atoms with Crippen molar-refractivity contribution in [3.63, 3.8) is 0 Å². The molecule has 1 fully saturated rings. The molecule has 0 radical (unpaired) electrons. The van der Waals surface area contributed by atoms with Crippen LogP contribution in [-0.4, -0.2) is 29.0 Å². The van der Waals surface area contributed by atoms with Gasteiger partial charge >= 0.3 is 0 Å². The van der Waals surface area contributed by atoms with Crippen molar-refractivity contribution in [2.45, 2.75) is 25.3 Å². The Kier molecular flexibility index (Phi) is 3.30. The first-order valence-electron chi connectivity index (χ1n) is 6.98. The lowest BCUT2D eigenvalue weighted by Gasteiger charge is -2.22. The molecule has 2 heterocycles. The third-order valence-corrected chi connectivity index (χ3v) is 4.11. The smallest absolute Gasteiger partial charge is 0.0458 e. The van der Waals surface area contributed by atoms with Crippen molar-refractivity contribution >= 4 is 16.6 Å². The van der Waals surface area contributed by atoms with Crippen molar-refractivity contribution in [1.29, 1.82) is 0 Å². The van der Waals surface area contributed by atoms with Gasteiger partial charge in [-0.05, 0) is 49.6 Å². The molecule has 0 spiro atoms. The highest BCUT2D eigenvalue weighted by Gasteiger charge is 2.24. The van der Waals surface area contributed by atoms with E-state index in [2.05, 4.69) is 34.8 Å². The lowest BCUT2D eigenvalue weighted by atomic mass is 10.0. The molecule has 1 aliphatic heterocycles. The lowest BCUT2D eigenvalue weighted by Crippen LogP contribution is -2.31. The Morgan fingerprint density at radius 2 is 2.37 bits per heavy atom. The Labute approximate surface area is 114 Å². The summed E-state index contributed by atoms with van der Waals surface area (Å²) in [6.45, 7) is 6.04. The van der Waals surface area contributed by atoms with Crippen LogP contribution in [0, 0.1) is 0 Å². The van der Waals surface area contributed by atoms with Crippen LogP contribution in [-0.2, 0) is 6.42 Å². The van der Waals surface area contributed by atoms with Crippen LogP contribution in [0.15, 0.2) is 37.1 Å². The molecular formula is C16H21N3. The number of benzene rings is 1. The minimum Gasteiger partial charge on any atom is -0.399 e. The number of hydrogen-bond acceptors (Lipinski definition) is 2. The van der Waals surface area contributed by atoms with Crippen molar-refractivity contribution in [1.82, 2.24) is 9.88 Å². The molecule has 0 saturated carbocycles. The number of fused-ring (bicyclic) bond motifs is 1. The van der Waals surface area contributed by atoms with Crippen LogP contribution >= 0.6 is 0 Å². The molecule has 100 valence electrons. The Morgan fingerprint density at radius 3 is 3.21 bits per heavy atom. The molecule has 1 aromatic heterocycles.